The van der Waals surface area contributed by atoms with Gasteiger partial charge in [-0.25, -0.2) is 13.6 Å². The van der Waals surface area contributed by atoms with Crippen molar-refractivity contribution in [3.63, 3.8) is 0 Å². The number of primary sulfonamides is 1. The van der Waals surface area contributed by atoms with Gasteiger partial charge in [-0.1, -0.05) is 0 Å². The number of rotatable bonds is 5. The highest BCUT2D eigenvalue weighted by atomic mass is 32.2. The zero-order valence-corrected chi connectivity index (χ0v) is 14.1. The molecule has 122 valence electrons. The second kappa shape index (κ2) is 6.89. The Labute approximate surface area is 131 Å². The molecule has 1 aromatic carbocycles. The molecule has 3 N–H and O–H groups in total. The Bertz CT molecular complexity index is 657. The van der Waals surface area contributed by atoms with Crippen LogP contribution in [0.25, 0.3) is 0 Å². The molecule has 0 amide bonds. The topological polar surface area (TPSA) is 115 Å². The number of hydrogen-bond donors (Lipinski definition) is 2. The van der Waals surface area contributed by atoms with Crippen molar-refractivity contribution in [1.29, 1.82) is 0 Å². The molecule has 9 heteroatoms. The van der Waals surface area contributed by atoms with E-state index in [1.807, 2.05) is 0 Å². The number of hydrogen-bond acceptors (Lipinski definition) is 5. The first-order chi connectivity index (χ1) is 10.3. The van der Waals surface area contributed by atoms with Gasteiger partial charge in [0.15, 0.2) is 0 Å². The summed E-state index contributed by atoms with van der Waals surface area (Å²) in [4.78, 5) is 10.3. The molecule has 22 heavy (non-hydrogen) atoms. The van der Waals surface area contributed by atoms with E-state index in [-0.39, 0.29) is 18.5 Å². The summed E-state index contributed by atoms with van der Waals surface area (Å²) in [7, 11) is -3.78. The monoisotopic (exact) mass is 345 g/mol. The average Bonchev–Trinajstić information content (AvgIpc) is 2.45. The molecular formula is C13H20N3O4PS. The van der Waals surface area contributed by atoms with E-state index >= 15 is 0 Å². The van der Waals surface area contributed by atoms with Crippen molar-refractivity contribution in [2.45, 2.75) is 17.7 Å². The molecule has 1 aliphatic rings. The number of anilines is 1. The van der Waals surface area contributed by atoms with Gasteiger partial charge in [0.05, 0.1) is 9.82 Å². The van der Waals surface area contributed by atoms with Crippen LogP contribution < -0.4 is 10.5 Å². The van der Waals surface area contributed by atoms with E-state index in [2.05, 4.69) is 12.0 Å². The van der Waals surface area contributed by atoms with Crippen LogP contribution in [0.5, 0.6) is 0 Å². The van der Waals surface area contributed by atoms with E-state index in [1.54, 1.807) is 0 Å². The molecule has 1 heterocycles. The Hall–Kier alpha value is -1.24. The van der Waals surface area contributed by atoms with Crippen LogP contribution in [0.1, 0.15) is 12.8 Å². The molecule has 0 unspecified atom stereocenters. The second-order valence-corrected chi connectivity index (χ2v) is 9.78. The van der Waals surface area contributed by atoms with Gasteiger partial charge in [0.25, 0.3) is 5.69 Å². The number of nitro benzene ring substituents is 1. The minimum absolute atomic E-state index is 0.166. The van der Waals surface area contributed by atoms with Crippen molar-refractivity contribution in [2.75, 3.05) is 30.9 Å². The summed E-state index contributed by atoms with van der Waals surface area (Å²) in [5.41, 5.74) is 0.0711. The van der Waals surface area contributed by atoms with Gasteiger partial charge in [-0.15, -0.1) is 7.92 Å². The molecule has 1 fully saturated rings. The lowest BCUT2D eigenvalue weighted by Crippen LogP contribution is -2.20. The zero-order chi connectivity index (χ0) is 16.3. The summed E-state index contributed by atoms with van der Waals surface area (Å²) < 4.78 is 22.6. The van der Waals surface area contributed by atoms with Gasteiger partial charge in [0.2, 0.25) is 10.0 Å². The molecule has 0 bridgehead atoms. The van der Waals surface area contributed by atoms with Crippen LogP contribution >= 0.6 is 7.92 Å². The first-order valence-electron chi connectivity index (χ1n) is 7.01. The maximum Gasteiger partial charge on any atom is 0.293 e. The maximum absolute atomic E-state index is 11.3. The largest absolute Gasteiger partial charge is 0.379 e. The minimum atomic E-state index is -3.95. The lowest BCUT2D eigenvalue weighted by atomic mass is 10.0. The fraction of sp³-hybridized carbons (Fsp3) is 0.538. The highest BCUT2D eigenvalue weighted by molar-refractivity contribution is 7.89. The summed E-state index contributed by atoms with van der Waals surface area (Å²) in [5, 5.41) is 19.2. The first-order valence-corrected chi connectivity index (χ1v) is 10.7. The van der Waals surface area contributed by atoms with Gasteiger partial charge < -0.3 is 5.32 Å². The molecule has 0 atom stereocenters. The molecule has 7 nitrogen and oxygen atoms in total. The number of nitro groups is 1. The normalized spacial score (nSPS) is 22.3. The van der Waals surface area contributed by atoms with Crippen molar-refractivity contribution in [2.24, 2.45) is 11.1 Å². The highest BCUT2D eigenvalue weighted by Crippen LogP contribution is 2.40. The Kier molecular flexibility index (Phi) is 5.36. The lowest BCUT2D eigenvalue weighted by molar-refractivity contribution is -0.384. The molecule has 1 aromatic rings. The minimum Gasteiger partial charge on any atom is -0.379 e. The number of nitrogens with zero attached hydrogens (tertiary/aromatic N) is 1. The Morgan fingerprint density at radius 1 is 1.41 bits per heavy atom. The van der Waals surface area contributed by atoms with E-state index in [0.29, 0.717) is 18.2 Å². The van der Waals surface area contributed by atoms with Crippen molar-refractivity contribution in [3.8, 4) is 0 Å². The molecular weight excluding hydrogens is 325 g/mol. The molecule has 1 aliphatic heterocycles. The third kappa shape index (κ3) is 4.38. The quantitative estimate of drug-likeness (QED) is 0.482. The lowest BCUT2D eigenvalue weighted by Gasteiger charge is -2.26. The van der Waals surface area contributed by atoms with Gasteiger partial charge in [0.1, 0.15) is 5.69 Å². The standard InChI is InChI=1S/C13H20N3O4PS/c1-21-6-4-10(5-7-21)9-15-12-3-2-11(22(14,19)20)8-13(12)16(17)18/h2-3,8,10,15H,4-7,9H2,1H3,(H2,14,19,20). The predicted octanol–water partition coefficient (Wildman–Crippen LogP) is 2.18. The fourth-order valence-corrected chi connectivity index (χ4v) is 4.88. The van der Waals surface area contributed by atoms with E-state index in [4.69, 9.17) is 5.14 Å². The third-order valence-corrected chi connectivity index (χ3v) is 6.87. The molecule has 2 rings (SSSR count). The third-order valence-electron chi connectivity index (χ3n) is 3.91. The van der Waals surface area contributed by atoms with Crippen LogP contribution in [0.3, 0.4) is 0 Å². The first kappa shape index (κ1) is 17.1. The SMILES string of the molecule is CP1CCC(CNc2ccc(S(N)(=O)=O)cc2[N+](=O)[O-])CC1. The second-order valence-electron chi connectivity index (χ2n) is 5.61. The van der Waals surface area contributed by atoms with Crippen molar-refractivity contribution < 1.29 is 13.3 Å². The average molecular weight is 345 g/mol. The van der Waals surface area contributed by atoms with Crippen LogP contribution in [-0.4, -0.2) is 38.9 Å². The van der Waals surface area contributed by atoms with Crippen LogP contribution in [-0.2, 0) is 10.0 Å². The predicted molar refractivity (Wildman–Crippen MR) is 88.3 cm³/mol. The highest BCUT2D eigenvalue weighted by Gasteiger charge is 2.21. The Morgan fingerprint density at radius 3 is 2.59 bits per heavy atom. The summed E-state index contributed by atoms with van der Waals surface area (Å²) >= 11 is 0. The van der Waals surface area contributed by atoms with Crippen molar-refractivity contribution >= 4 is 29.3 Å². The summed E-state index contributed by atoms with van der Waals surface area (Å²) in [5.74, 6) is 0.510. The van der Waals surface area contributed by atoms with E-state index in [1.165, 1.54) is 24.5 Å². The Balaban J connectivity index is 2.12. The summed E-state index contributed by atoms with van der Waals surface area (Å²) in [6.07, 6.45) is 4.76. The molecule has 0 aromatic heterocycles. The van der Waals surface area contributed by atoms with Crippen LogP contribution in [0.4, 0.5) is 11.4 Å². The summed E-state index contributed by atoms with van der Waals surface area (Å²) in [6, 6.07) is 3.70. The molecule has 0 spiro atoms. The van der Waals surface area contributed by atoms with E-state index < -0.39 is 14.9 Å². The van der Waals surface area contributed by atoms with Gasteiger partial charge in [-0.3, -0.25) is 10.1 Å². The van der Waals surface area contributed by atoms with Crippen molar-refractivity contribution in [1.82, 2.24) is 0 Å². The van der Waals surface area contributed by atoms with Crippen molar-refractivity contribution in [3.05, 3.63) is 28.3 Å². The van der Waals surface area contributed by atoms with Gasteiger partial charge >= 0.3 is 0 Å². The number of nitrogens with one attached hydrogen (secondary N) is 1. The molecule has 1 saturated heterocycles. The maximum atomic E-state index is 11.3. The van der Waals surface area contributed by atoms with Gasteiger partial charge in [-0.2, -0.15) is 0 Å². The molecule has 0 radical (unpaired) electrons. The zero-order valence-electron chi connectivity index (χ0n) is 12.4. The number of nitrogens with two attached hydrogens (primary N) is 1. The summed E-state index contributed by atoms with van der Waals surface area (Å²) in [6.45, 7) is 2.97. The Morgan fingerprint density at radius 2 is 2.05 bits per heavy atom. The van der Waals surface area contributed by atoms with Gasteiger partial charge in [-0.05, 0) is 49.9 Å². The van der Waals surface area contributed by atoms with Crippen LogP contribution in [0.2, 0.25) is 0 Å². The van der Waals surface area contributed by atoms with Gasteiger partial charge in [0, 0.05) is 12.6 Å². The fourth-order valence-electron chi connectivity index (χ4n) is 2.51. The molecule has 0 aliphatic carbocycles. The van der Waals surface area contributed by atoms with E-state index in [0.717, 1.165) is 18.9 Å². The number of benzene rings is 1. The van der Waals surface area contributed by atoms with Crippen LogP contribution in [0, 0.1) is 16.0 Å². The molecule has 0 saturated carbocycles. The smallest absolute Gasteiger partial charge is 0.293 e. The van der Waals surface area contributed by atoms with E-state index in [9.17, 15) is 18.5 Å². The number of sulfonamides is 1. The van der Waals surface area contributed by atoms with Crippen LogP contribution in [0.15, 0.2) is 23.1 Å².